The number of esters is 1. The molecule has 132 valence electrons. The van der Waals surface area contributed by atoms with Crippen molar-refractivity contribution in [2.24, 2.45) is 22.2 Å². The largest absolute Gasteiger partial charge is 0.458 e. The van der Waals surface area contributed by atoms with E-state index in [1.807, 2.05) is 0 Å². The molecule has 1 atom stereocenters. The minimum Gasteiger partial charge on any atom is -0.458 e. The van der Waals surface area contributed by atoms with Crippen LogP contribution >= 0.6 is 0 Å². The number of ether oxygens (including phenoxy) is 1. The summed E-state index contributed by atoms with van der Waals surface area (Å²) in [6.07, 6.45) is 2.55. The molecule has 0 spiro atoms. The van der Waals surface area contributed by atoms with Crippen molar-refractivity contribution in [2.45, 2.75) is 101 Å². The second kappa shape index (κ2) is 6.93. The van der Waals surface area contributed by atoms with Gasteiger partial charge in [0.15, 0.2) is 0 Å². The van der Waals surface area contributed by atoms with Gasteiger partial charge in [0.2, 0.25) is 0 Å². The van der Waals surface area contributed by atoms with Crippen LogP contribution in [0.4, 0.5) is 0 Å². The van der Waals surface area contributed by atoms with Gasteiger partial charge in [-0.15, -0.1) is 0 Å². The maximum Gasteiger partial charge on any atom is 0.312 e. The van der Waals surface area contributed by atoms with Gasteiger partial charge in [0, 0.05) is 0 Å². The summed E-state index contributed by atoms with van der Waals surface area (Å²) in [4.78, 5) is 13.2. The average molecular weight is 313 g/mol. The Kier molecular flexibility index (Phi) is 6.76. The SMILES string of the molecule is CCC(CC)(OC(=O)C(C)(CC(C)(C)C)C(C)(C)C)C(C)C. The van der Waals surface area contributed by atoms with E-state index in [1.54, 1.807) is 0 Å². The normalized spacial score (nSPS) is 16.5. The van der Waals surface area contributed by atoms with Crippen LogP contribution in [0.1, 0.15) is 95.4 Å². The Morgan fingerprint density at radius 3 is 1.55 bits per heavy atom. The molecule has 0 rings (SSSR count). The molecule has 0 bridgehead atoms. The van der Waals surface area contributed by atoms with Crippen LogP contribution in [0.3, 0.4) is 0 Å². The maximum absolute atomic E-state index is 13.2. The highest BCUT2D eigenvalue weighted by molar-refractivity contribution is 5.78. The summed E-state index contributed by atoms with van der Waals surface area (Å²) in [5, 5.41) is 0. The van der Waals surface area contributed by atoms with Crippen molar-refractivity contribution in [3.05, 3.63) is 0 Å². The van der Waals surface area contributed by atoms with Crippen LogP contribution in [0.15, 0.2) is 0 Å². The predicted octanol–water partition coefficient (Wildman–Crippen LogP) is 6.23. The summed E-state index contributed by atoms with van der Waals surface area (Å²) in [6, 6.07) is 0. The molecule has 0 aliphatic heterocycles. The average Bonchev–Trinajstić information content (AvgIpc) is 2.31. The predicted molar refractivity (Wildman–Crippen MR) is 95.9 cm³/mol. The van der Waals surface area contributed by atoms with Crippen LogP contribution in [-0.4, -0.2) is 11.6 Å². The first-order valence-corrected chi connectivity index (χ1v) is 8.88. The monoisotopic (exact) mass is 312 g/mol. The molecule has 2 heteroatoms. The van der Waals surface area contributed by atoms with Crippen molar-refractivity contribution >= 4 is 5.97 Å². The van der Waals surface area contributed by atoms with Gasteiger partial charge in [-0.05, 0) is 42.9 Å². The Morgan fingerprint density at radius 1 is 0.909 bits per heavy atom. The summed E-state index contributed by atoms with van der Waals surface area (Å²) in [5.41, 5.74) is -0.890. The van der Waals surface area contributed by atoms with Gasteiger partial charge in [-0.25, -0.2) is 0 Å². The zero-order valence-electron chi connectivity index (χ0n) is 17.0. The van der Waals surface area contributed by atoms with Crippen molar-refractivity contribution < 1.29 is 9.53 Å². The quantitative estimate of drug-likeness (QED) is 0.543. The number of carbonyl (C=O) groups excluding carboxylic acids is 1. The number of carbonyl (C=O) groups is 1. The molecule has 0 radical (unpaired) electrons. The van der Waals surface area contributed by atoms with Crippen molar-refractivity contribution in [1.29, 1.82) is 0 Å². The topological polar surface area (TPSA) is 26.3 Å². The zero-order chi connectivity index (χ0) is 18.0. The van der Waals surface area contributed by atoms with Gasteiger partial charge in [-0.2, -0.15) is 0 Å². The molecule has 0 amide bonds. The minimum absolute atomic E-state index is 0.0349. The second-order valence-electron chi connectivity index (χ2n) is 9.64. The van der Waals surface area contributed by atoms with Crippen molar-refractivity contribution in [2.75, 3.05) is 0 Å². The van der Waals surface area contributed by atoms with Crippen LogP contribution in [0.5, 0.6) is 0 Å². The molecule has 0 aromatic rings. The van der Waals surface area contributed by atoms with E-state index in [2.05, 4.69) is 76.2 Å². The van der Waals surface area contributed by atoms with Crippen LogP contribution in [0.25, 0.3) is 0 Å². The number of hydrogen-bond acceptors (Lipinski definition) is 2. The molecule has 22 heavy (non-hydrogen) atoms. The lowest BCUT2D eigenvalue weighted by atomic mass is 9.61. The molecule has 0 saturated carbocycles. The summed E-state index contributed by atoms with van der Waals surface area (Å²) in [7, 11) is 0. The van der Waals surface area contributed by atoms with Crippen LogP contribution in [0, 0.1) is 22.2 Å². The highest BCUT2D eigenvalue weighted by Gasteiger charge is 2.50. The lowest BCUT2D eigenvalue weighted by Gasteiger charge is -2.46. The second-order valence-corrected chi connectivity index (χ2v) is 9.64. The first-order chi connectivity index (χ1) is 9.65. The molecule has 0 aromatic heterocycles. The lowest BCUT2D eigenvalue weighted by Crippen LogP contribution is -2.49. The Bertz CT molecular complexity index is 364. The van der Waals surface area contributed by atoms with Gasteiger partial charge >= 0.3 is 5.97 Å². The maximum atomic E-state index is 13.2. The first-order valence-electron chi connectivity index (χ1n) is 8.88. The number of rotatable bonds is 6. The van der Waals surface area contributed by atoms with E-state index in [1.165, 1.54) is 0 Å². The molecule has 0 saturated heterocycles. The molecular weight excluding hydrogens is 272 g/mol. The molecule has 0 heterocycles. The van der Waals surface area contributed by atoms with Gasteiger partial charge in [0.1, 0.15) is 5.60 Å². The van der Waals surface area contributed by atoms with Crippen LogP contribution < -0.4 is 0 Å². The summed E-state index contributed by atoms with van der Waals surface area (Å²) in [6.45, 7) is 23.6. The fourth-order valence-electron chi connectivity index (χ4n) is 3.33. The molecule has 1 unspecified atom stereocenters. The van der Waals surface area contributed by atoms with E-state index < -0.39 is 5.41 Å². The summed E-state index contributed by atoms with van der Waals surface area (Å²) < 4.78 is 6.20. The standard InChI is InChI=1S/C20H40O2/c1-12-20(13-2,15(3)4)22-16(21)19(11,18(8,9)10)14-17(5,6)7/h15H,12-14H2,1-11H3. The van der Waals surface area contributed by atoms with Gasteiger partial charge in [0.05, 0.1) is 5.41 Å². The Labute approximate surface area is 139 Å². The molecule has 0 N–H and O–H groups in total. The fraction of sp³-hybridized carbons (Fsp3) is 0.950. The Hall–Kier alpha value is -0.530. The van der Waals surface area contributed by atoms with E-state index >= 15 is 0 Å². The molecule has 0 aliphatic carbocycles. The van der Waals surface area contributed by atoms with Crippen molar-refractivity contribution in [3.8, 4) is 0 Å². The first kappa shape index (κ1) is 21.5. The van der Waals surface area contributed by atoms with Crippen LogP contribution in [0.2, 0.25) is 0 Å². The van der Waals surface area contributed by atoms with E-state index in [4.69, 9.17) is 4.74 Å². The van der Waals surface area contributed by atoms with Crippen molar-refractivity contribution in [3.63, 3.8) is 0 Å². The van der Waals surface area contributed by atoms with Gasteiger partial charge < -0.3 is 4.74 Å². The lowest BCUT2D eigenvalue weighted by molar-refractivity contribution is -0.187. The summed E-state index contributed by atoms with van der Waals surface area (Å²) in [5.74, 6) is 0.289. The molecular formula is C20H40O2. The van der Waals surface area contributed by atoms with E-state index in [9.17, 15) is 4.79 Å². The third kappa shape index (κ3) is 4.73. The molecule has 0 aliphatic rings. The van der Waals surface area contributed by atoms with E-state index in [0.29, 0.717) is 5.92 Å². The summed E-state index contributed by atoms with van der Waals surface area (Å²) >= 11 is 0. The van der Waals surface area contributed by atoms with E-state index in [-0.39, 0.29) is 22.4 Å². The highest BCUT2D eigenvalue weighted by Crippen LogP contribution is 2.48. The van der Waals surface area contributed by atoms with Gasteiger partial charge in [-0.1, -0.05) is 69.2 Å². The molecule has 2 nitrogen and oxygen atoms in total. The van der Waals surface area contributed by atoms with Gasteiger partial charge in [-0.3, -0.25) is 4.79 Å². The smallest absolute Gasteiger partial charge is 0.312 e. The van der Waals surface area contributed by atoms with Crippen molar-refractivity contribution in [1.82, 2.24) is 0 Å². The Balaban J connectivity index is 5.66. The van der Waals surface area contributed by atoms with E-state index in [0.717, 1.165) is 19.3 Å². The minimum atomic E-state index is -0.490. The molecule has 0 fully saturated rings. The fourth-order valence-corrected chi connectivity index (χ4v) is 3.33. The van der Waals surface area contributed by atoms with Crippen LogP contribution in [-0.2, 0) is 9.53 Å². The zero-order valence-corrected chi connectivity index (χ0v) is 17.0. The van der Waals surface area contributed by atoms with Gasteiger partial charge in [0.25, 0.3) is 0 Å². The molecule has 0 aromatic carbocycles. The Morgan fingerprint density at radius 2 is 1.32 bits per heavy atom. The third-order valence-corrected chi connectivity index (χ3v) is 5.53. The third-order valence-electron chi connectivity index (χ3n) is 5.53. The number of hydrogen-bond donors (Lipinski definition) is 0. The highest BCUT2D eigenvalue weighted by atomic mass is 16.6.